The van der Waals surface area contributed by atoms with Crippen LogP contribution in [0.2, 0.25) is 0 Å². The zero-order valence-corrected chi connectivity index (χ0v) is 8.62. The van der Waals surface area contributed by atoms with Gasteiger partial charge in [-0.2, -0.15) is 0 Å². The van der Waals surface area contributed by atoms with E-state index in [1.54, 1.807) is 12.4 Å². The number of carbonyl (C=O) groups is 1. The summed E-state index contributed by atoms with van der Waals surface area (Å²) in [5, 5.41) is 6.35. The van der Waals surface area contributed by atoms with E-state index < -0.39 is 0 Å². The normalized spacial score (nSPS) is 10.1. The summed E-state index contributed by atoms with van der Waals surface area (Å²) in [4.78, 5) is 19.0. The first-order chi connectivity index (χ1) is 7.36. The van der Waals surface area contributed by atoms with Crippen molar-refractivity contribution in [1.82, 2.24) is 24.9 Å². The highest BCUT2D eigenvalue weighted by Crippen LogP contribution is 2.00. The summed E-state index contributed by atoms with van der Waals surface area (Å²) < 4.78 is 3.61. The molecule has 0 saturated carbocycles. The van der Waals surface area contributed by atoms with E-state index in [-0.39, 0.29) is 5.91 Å². The van der Waals surface area contributed by atoms with Crippen LogP contribution in [0.3, 0.4) is 0 Å². The van der Waals surface area contributed by atoms with E-state index in [9.17, 15) is 4.79 Å². The molecule has 2 rings (SSSR count). The van der Waals surface area contributed by atoms with Crippen LogP contribution in [0.1, 0.15) is 15.5 Å². The van der Waals surface area contributed by atoms with Gasteiger partial charge in [-0.05, 0) is 11.5 Å². The van der Waals surface area contributed by atoms with Gasteiger partial charge in [0.25, 0.3) is 5.91 Å². The van der Waals surface area contributed by atoms with Crippen molar-refractivity contribution in [2.45, 2.75) is 6.42 Å². The van der Waals surface area contributed by atoms with Gasteiger partial charge in [0.05, 0.1) is 6.20 Å². The van der Waals surface area contributed by atoms with Gasteiger partial charge in [-0.3, -0.25) is 4.79 Å². The van der Waals surface area contributed by atoms with Crippen LogP contribution in [0.15, 0.2) is 18.6 Å². The van der Waals surface area contributed by atoms with Crippen LogP contribution in [0.4, 0.5) is 0 Å². The Morgan fingerprint density at radius 3 is 3.20 bits per heavy atom. The van der Waals surface area contributed by atoms with Gasteiger partial charge in [-0.1, -0.05) is 4.49 Å². The van der Waals surface area contributed by atoms with E-state index in [2.05, 4.69) is 24.9 Å². The number of imidazole rings is 1. The van der Waals surface area contributed by atoms with Crippen LogP contribution in [0.5, 0.6) is 0 Å². The van der Waals surface area contributed by atoms with Gasteiger partial charge in [-0.15, -0.1) is 5.10 Å². The summed E-state index contributed by atoms with van der Waals surface area (Å²) in [6.45, 7) is 0.546. The molecule has 0 unspecified atom stereocenters. The molecule has 2 aromatic heterocycles. The van der Waals surface area contributed by atoms with Gasteiger partial charge in [0, 0.05) is 25.4 Å². The largest absolute Gasteiger partial charge is 0.351 e. The van der Waals surface area contributed by atoms with Gasteiger partial charge in [0.1, 0.15) is 10.7 Å². The first-order valence-corrected chi connectivity index (χ1v) is 5.17. The average molecular weight is 223 g/mol. The highest BCUT2D eigenvalue weighted by atomic mass is 32.1. The molecule has 0 aromatic carbocycles. The Labute approximate surface area is 89.9 Å². The standard InChI is InChI=1S/C8H9N5OS/c14-8(6-5-12-13-15-6)11-2-1-7-9-3-4-10-7/h3-5H,1-2H2,(H,9,10)(H,11,14). The Morgan fingerprint density at radius 2 is 2.53 bits per heavy atom. The summed E-state index contributed by atoms with van der Waals surface area (Å²) in [6, 6.07) is 0. The van der Waals surface area contributed by atoms with Crippen molar-refractivity contribution in [3.63, 3.8) is 0 Å². The van der Waals surface area contributed by atoms with E-state index in [0.717, 1.165) is 17.4 Å². The SMILES string of the molecule is O=C(NCCc1ncc[nH]1)c1cnns1. The number of nitrogens with zero attached hydrogens (tertiary/aromatic N) is 3. The lowest BCUT2D eigenvalue weighted by Gasteiger charge is -2.00. The van der Waals surface area contributed by atoms with Crippen molar-refractivity contribution in [2.75, 3.05) is 6.54 Å². The molecular weight excluding hydrogens is 214 g/mol. The predicted molar refractivity (Wildman–Crippen MR) is 54.5 cm³/mol. The maximum Gasteiger partial charge on any atom is 0.264 e. The third-order valence-corrected chi connectivity index (χ3v) is 2.45. The third kappa shape index (κ3) is 2.59. The van der Waals surface area contributed by atoms with E-state index >= 15 is 0 Å². The molecule has 15 heavy (non-hydrogen) atoms. The van der Waals surface area contributed by atoms with Gasteiger partial charge >= 0.3 is 0 Å². The number of aromatic nitrogens is 4. The predicted octanol–water partition coefficient (Wildman–Crippen LogP) is 0.234. The van der Waals surface area contributed by atoms with Gasteiger partial charge in [0.2, 0.25) is 0 Å². The van der Waals surface area contributed by atoms with Crippen LogP contribution >= 0.6 is 11.5 Å². The topological polar surface area (TPSA) is 83.6 Å². The van der Waals surface area contributed by atoms with Crippen LogP contribution < -0.4 is 5.32 Å². The number of nitrogens with one attached hydrogen (secondary N) is 2. The average Bonchev–Trinajstić information content (AvgIpc) is 2.90. The van der Waals surface area contributed by atoms with E-state index in [1.165, 1.54) is 6.20 Å². The fourth-order valence-corrected chi connectivity index (χ4v) is 1.52. The number of aromatic amines is 1. The number of H-pyrrole nitrogens is 1. The molecule has 0 spiro atoms. The van der Waals surface area contributed by atoms with Crippen LogP contribution in [0, 0.1) is 0 Å². The number of amides is 1. The quantitative estimate of drug-likeness (QED) is 0.777. The fraction of sp³-hybridized carbons (Fsp3) is 0.250. The zero-order chi connectivity index (χ0) is 10.5. The van der Waals surface area contributed by atoms with Gasteiger partial charge < -0.3 is 10.3 Å². The van der Waals surface area contributed by atoms with E-state index in [1.807, 2.05) is 0 Å². The van der Waals surface area contributed by atoms with Crippen molar-refractivity contribution in [1.29, 1.82) is 0 Å². The lowest BCUT2D eigenvalue weighted by atomic mass is 10.4. The minimum absolute atomic E-state index is 0.142. The zero-order valence-electron chi connectivity index (χ0n) is 7.80. The molecule has 6 nitrogen and oxygen atoms in total. The molecule has 0 saturated heterocycles. The molecule has 2 aromatic rings. The maximum absolute atomic E-state index is 11.4. The van der Waals surface area contributed by atoms with Crippen molar-refractivity contribution in [3.05, 3.63) is 29.3 Å². The van der Waals surface area contributed by atoms with Crippen LogP contribution in [0.25, 0.3) is 0 Å². The fourth-order valence-electron chi connectivity index (χ4n) is 1.08. The first kappa shape index (κ1) is 9.78. The summed E-state index contributed by atoms with van der Waals surface area (Å²) >= 11 is 1.08. The molecule has 7 heteroatoms. The molecule has 0 fully saturated rings. The number of hydrogen-bond donors (Lipinski definition) is 2. The van der Waals surface area contributed by atoms with Gasteiger partial charge in [0.15, 0.2) is 0 Å². The van der Waals surface area contributed by atoms with Crippen LogP contribution in [-0.2, 0) is 6.42 Å². The van der Waals surface area contributed by atoms with Crippen molar-refractivity contribution < 1.29 is 4.79 Å². The maximum atomic E-state index is 11.4. The first-order valence-electron chi connectivity index (χ1n) is 4.40. The summed E-state index contributed by atoms with van der Waals surface area (Å²) in [5.41, 5.74) is 0. The highest BCUT2D eigenvalue weighted by Gasteiger charge is 2.07. The van der Waals surface area contributed by atoms with Gasteiger partial charge in [-0.25, -0.2) is 4.98 Å². The Balaban J connectivity index is 1.77. The summed E-state index contributed by atoms with van der Waals surface area (Å²) in [7, 11) is 0. The molecule has 0 radical (unpaired) electrons. The molecule has 0 atom stereocenters. The Hall–Kier alpha value is -1.76. The second kappa shape index (κ2) is 4.65. The van der Waals surface area contributed by atoms with E-state index in [0.29, 0.717) is 17.8 Å². The Bertz CT molecular complexity index is 410. The molecule has 2 N–H and O–H groups in total. The molecule has 78 valence electrons. The number of rotatable bonds is 4. The molecule has 0 aliphatic carbocycles. The molecular formula is C8H9N5OS. The Kier molecular flexibility index (Phi) is 3.03. The molecule has 1 amide bonds. The third-order valence-electron chi connectivity index (χ3n) is 1.79. The lowest BCUT2D eigenvalue weighted by Crippen LogP contribution is -2.25. The lowest BCUT2D eigenvalue weighted by molar-refractivity contribution is 0.0958. The smallest absolute Gasteiger partial charge is 0.264 e. The van der Waals surface area contributed by atoms with Crippen molar-refractivity contribution >= 4 is 17.4 Å². The molecule has 0 bridgehead atoms. The second-order valence-corrected chi connectivity index (χ2v) is 3.61. The molecule has 0 aliphatic heterocycles. The minimum atomic E-state index is -0.142. The monoisotopic (exact) mass is 223 g/mol. The second-order valence-electron chi connectivity index (χ2n) is 2.82. The highest BCUT2D eigenvalue weighted by molar-refractivity contribution is 7.07. The molecule has 0 aliphatic rings. The Morgan fingerprint density at radius 1 is 1.60 bits per heavy atom. The van der Waals surface area contributed by atoms with Crippen molar-refractivity contribution in [3.8, 4) is 0 Å². The minimum Gasteiger partial charge on any atom is -0.351 e. The summed E-state index contributed by atoms with van der Waals surface area (Å²) in [5.74, 6) is 0.717. The van der Waals surface area contributed by atoms with Crippen LogP contribution in [-0.4, -0.2) is 32.0 Å². The van der Waals surface area contributed by atoms with Crippen molar-refractivity contribution in [2.24, 2.45) is 0 Å². The summed E-state index contributed by atoms with van der Waals surface area (Å²) in [6.07, 6.45) is 5.58. The number of hydrogen-bond acceptors (Lipinski definition) is 5. The van der Waals surface area contributed by atoms with E-state index in [4.69, 9.17) is 0 Å². The molecule has 2 heterocycles. The number of carbonyl (C=O) groups excluding carboxylic acids is 1.